The Morgan fingerprint density at radius 1 is 1.10 bits per heavy atom. The van der Waals surface area contributed by atoms with Gasteiger partial charge in [-0.05, 0) is 59.2 Å². The van der Waals surface area contributed by atoms with Crippen LogP contribution in [0.15, 0.2) is 45.3 Å². The highest BCUT2D eigenvalue weighted by Gasteiger charge is 2.17. The Balaban J connectivity index is 2.31. The Kier molecular flexibility index (Phi) is 5.29. The molecule has 1 nitrogen and oxygen atoms in total. The summed E-state index contributed by atoms with van der Waals surface area (Å²) in [5.41, 5.74) is 1.37. The largest absolute Gasteiger partial charge is 0.313 e. The van der Waals surface area contributed by atoms with Crippen LogP contribution in [0.2, 0.25) is 0 Å². The summed E-state index contributed by atoms with van der Waals surface area (Å²) < 4.78 is 28.7. The van der Waals surface area contributed by atoms with Crippen molar-refractivity contribution >= 4 is 31.9 Å². The van der Waals surface area contributed by atoms with Crippen molar-refractivity contribution in [1.29, 1.82) is 0 Å². The maximum atomic E-state index is 14.0. The number of halogens is 4. The van der Waals surface area contributed by atoms with Gasteiger partial charge in [-0.15, -0.1) is 0 Å². The second-order valence-electron chi connectivity index (χ2n) is 4.46. The van der Waals surface area contributed by atoms with E-state index in [0.29, 0.717) is 12.0 Å². The highest BCUT2D eigenvalue weighted by atomic mass is 79.9. The highest BCUT2D eigenvalue weighted by Crippen LogP contribution is 2.27. The van der Waals surface area contributed by atoms with Gasteiger partial charge in [-0.3, -0.25) is 0 Å². The molecule has 0 saturated carbocycles. The summed E-state index contributed by atoms with van der Waals surface area (Å²) in [6.45, 7) is 0. The van der Waals surface area contributed by atoms with Crippen LogP contribution in [0.25, 0.3) is 0 Å². The predicted octanol–water partition coefficient (Wildman–Crippen LogP) is 4.99. The van der Waals surface area contributed by atoms with Gasteiger partial charge < -0.3 is 5.32 Å². The van der Waals surface area contributed by atoms with Gasteiger partial charge >= 0.3 is 0 Å². The van der Waals surface area contributed by atoms with Crippen LogP contribution in [0.1, 0.15) is 17.2 Å². The lowest BCUT2D eigenvalue weighted by Crippen LogP contribution is -2.20. The average Bonchev–Trinajstić information content (AvgIpc) is 2.40. The lowest BCUT2D eigenvalue weighted by atomic mass is 9.98. The SMILES string of the molecule is CNC(Cc1cccc(Br)c1)c1cc(F)c(Br)cc1F. The first-order valence-electron chi connectivity index (χ1n) is 6.07. The second-order valence-corrected chi connectivity index (χ2v) is 6.23. The number of likely N-dealkylation sites (N-methyl/N-ethyl adjacent to an activating group) is 1. The Morgan fingerprint density at radius 2 is 1.85 bits per heavy atom. The van der Waals surface area contributed by atoms with Crippen LogP contribution in [0.3, 0.4) is 0 Å². The summed E-state index contributed by atoms with van der Waals surface area (Å²) >= 11 is 6.39. The van der Waals surface area contributed by atoms with Gasteiger partial charge in [0, 0.05) is 16.1 Å². The minimum absolute atomic E-state index is 0.135. The monoisotopic (exact) mass is 403 g/mol. The number of nitrogens with one attached hydrogen (secondary N) is 1. The van der Waals surface area contributed by atoms with Crippen molar-refractivity contribution in [1.82, 2.24) is 5.32 Å². The van der Waals surface area contributed by atoms with Crippen molar-refractivity contribution in [2.75, 3.05) is 7.05 Å². The zero-order valence-electron chi connectivity index (χ0n) is 10.8. The van der Waals surface area contributed by atoms with Crippen LogP contribution in [-0.2, 0) is 6.42 Å². The number of hydrogen-bond acceptors (Lipinski definition) is 1. The molecule has 0 aromatic heterocycles. The van der Waals surface area contributed by atoms with Crippen molar-refractivity contribution in [3.05, 3.63) is 68.1 Å². The molecular formula is C15H13Br2F2N. The molecule has 0 aliphatic carbocycles. The minimum atomic E-state index is -0.462. The van der Waals surface area contributed by atoms with Crippen LogP contribution >= 0.6 is 31.9 Å². The maximum absolute atomic E-state index is 14.0. The van der Waals surface area contributed by atoms with Crippen molar-refractivity contribution in [3.8, 4) is 0 Å². The van der Waals surface area contributed by atoms with Gasteiger partial charge in [0.05, 0.1) is 4.47 Å². The summed E-state index contributed by atoms with van der Waals surface area (Å²) in [5, 5.41) is 3.04. The van der Waals surface area contributed by atoms with E-state index in [9.17, 15) is 8.78 Å². The zero-order chi connectivity index (χ0) is 14.7. The molecule has 2 aromatic carbocycles. The normalized spacial score (nSPS) is 12.4. The quantitative estimate of drug-likeness (QED) is 0.707. The molecule has 0 saturated heterocycles. The van der Waals surface area contributed by atoms with Crippen molar-refractivity contribution in [2.45, 2.75) is 12.5 Å². The topological polar surface area (TPSA) is 12.0 Å². The Bertz CT molecular complexity index is 617. The molecule has 0 aliphatic heterocycles. The van der Waals surface area contributed by atoms with E-state index >= 15 is 0 Å². The molecule has 0 fully saturated rings. The van der Waals surface area contributed by atoms with Gasteiger partial charge in [-0.2, -0.15) is 0 Å². The molecule has 5 heteroatoms. The number of hydrogen-bond donors (Lipinski definition) is 1. The molecule has 1 N–H and O–H groups in total. The van der Waals surface area contributed by atoms with E-state index in [2.05, 4.69) is 37.2 Å². The molecule has 2 aromatic rings. The molecule has 106 valence electrons. The van der Waals surface area contributed by atoms with Gasteiger partial charge in [0.2, 0.25) is 0 Å². The lowest BCUT2D eigenvalue weighted by Gasteiger charge is -2.18. The third-order valence-electron chi connectivity index (χ3n) is 3.09. The van der Waals surface area contributed by atoms with E-state index in [1.165, 1.54) is 6.07 Å². The van der Waals surface area contributed by atoms with Crippen molar-refractivity contribution in [2.24, 2.45) is 0 Å². The zero-order valence-corrected chi connectivity index (χ0v) is 13.9. The fraction of sp³-hybridized carbons (Fsp3) is 0.200. The molecule has 0 spiro atoms. The molecule has 2 rings (SSSR count). The summed E-state index contributed by atoms with van der Waals surface area (Å²) in [6.07, 6.45) is 0.577. The fourth-order valence-electron chi connectivity index (χ4n) is 2.07. The van der Waals surface area contributed by atoms with Gasteiger partial charge in [0.1, 0.15) is 11.6 Å². The molecule has 1 atom stereocenters. The number of benzene rings is 2. The third kappa shape index (κ3) is 3.65. The molecule has 1 unspecified atom stereocenters. The highest BCUT2D eigenvalue weighted by molar-refractivity contribution is 9.10. The first-order valence-corrected chi connectivity index (χ1v) is 7.66. The molecular weight excluding hydrogens is 392 g/mol. The summed E-state index contributed by atoms with van der Waals surface area (Å²) in [7, 11) is 1.74. The van der Waals surface area contributed by atoms with Crippen molar-refractivity contribution < 1.29 is 8.78 Å². The standard InChI is InChI=1S/C15H13Br2F2N/c1-20-15(6-9-3-2-4-10(16)5-9)11-7-14(19)12(17)8-13(11)18/h2-5,7-8,15,20H,6H2,1H3. The summed E-state index contributed by atoms with van der Waals surface area (Å²) in [4.78, 5) is 0. The maximum Gasteiger partial charge on any atom is 0.137 e. The third-order valence-corrected chi connectivity index (χ3v) is 4.19. The molecule has 0 amide bonds. The number of rotatable bonds is 4. The summed E-state index contributed by atoms with van der Waals surface area (Å²) in [6, 6.07) is 9.89. The van der Waals surface area contributed by atoms with E-state index in [-0.39, 0.29) is 10.5 Å². The van der Waals surface area contributed by atoms with Crippen molar-refractivity contribution in [3.63, 3.8) is 0 Å². The van der Waals surface area contributed by atoms with E-state index < -0.39 is 11.6 Å². The van der Waals surface area contributed by atoms with Gasteiger partial charge in [0.15, 0.2) is 0 Å². The van der Waals surface area contributed by atoms with Gasteiger partial charge in [-0.25, -0.2) is 8.78 Å². The first-order chi connectivity index (χ1) is 9.51. The Morgan fingerprint density at radius 3 is 2.50 bits per heavy atom. The van der Waals surface area contributed by atoms with Gasteiger partial charge in [-0.1, -0.05) is 28.1 Å². The molecule has 0 radical (unpaired) electrons. The van der Waals surface area contributed by atoms with Crippen LogP contribution in [-0.4, -0.2) is 7.05 Å². The summed E-state index contributed by atoms with van der Waals surface area (Å²) in [5.74, 6) is -0.886. The van der Waals surface area contributed by atoms with E-state index in [1.807, 2.05) is 24.3 Å². The van der Waals surface area contributed by atoms with Crippen LogP contribution in [0.5, 0.6) is 0 Å². The molecule has 0 heterocycles. The minimum Gasteiger partial charge on any atom is -0.313 e. The molecule has 0 aliphatic rings. The van der Waals surface area contributed by atoms with Crippen LogP contribution in [0, 0.1) is 11.6 Å². The Hall–Kier alpha value is -0.780. The van der Waals surface area contributed by atoms with E-state index in [4.69, 9.17) is 0 Å². The fourth-order valence-corrected chi connectivity index (χ4v) is 2.83. The van der Waals surface area contributed by atoms with Crippen LogP contribution in [0.4, 0.5) is 8.78 Å². The van der Waals surface area contributed by atoms with E-state index in [0.717, 1.165) is 16.1 Å². The molecule has 0 bridgehead atoms. The van der Waals surface area contributed by atoms with Crippen LogP contribution < -0.4 is 5.32 Å². The molecule has 20 heavy (non-hydrogen) atoms. The Labute approximate surface area is 133 Å². The predicted molar refractivity (Wildman–Crippen MR) is 83.7 cm³/mol. The van der Waals surface area contributed by atoms with E-state index in [1.54, 1.807) is 7.05 Å². The smallest absolute Gasteiger partial charge is 0.137 e. The average molecular weight is 405 g/mol. The second kappa shape index (κ2) is 6.78. The lowest BCUT2D eigenvalue weighted by molar-refractivity contribution is 0.521. The van der Waals surface area contributed by atoms with Gasteiger partial charge in [0.25, 0.3) is 0 Å². The first kappa shape index (κ1) is 15.6.